The van der Waals surface area contributed by atoms with E-state index in [9.17, 15) is 9.59 Å². The molecule has 0 saturated heterocycles. The summed E-state index contributed by atoms with van der Waals surface area (Å²) in [6.45, 7) is 3.46. The summed E-state index contributed by atoms with van der Waals surface area (Å²) in [5, 5.41) is 11.4. The van der Waals surface area contributed by atoms with Gasteiger partial charge in [-0.2, -0.15) is 0 Å². The Bertz CT molecular complexity index is 460. The van der Waals surface area contributed by atoms with E-state index in [1.807, 2.05) is 0 Å². The first kappa shape index (κ1) is 15.4. The predicted molar refractivity (Wildman–Crippen MR) is 66.4 cm³/mol. The number of aromatic nitrogens is 4. The van der Waals surface area contributed by atoms with Gasteiger partial charge < -0.3 is 9.47 Å². The molecule has 1 heterocycles. The second-order valence-electron chi connectivity index (χ2n) is 4.36. The van der Waals surface area contributed by atoms with E-state index in [0.29, 0.717) is 10.9 Å². The average molecular weight is 288 g/mol. The first-order valence-corrected chi connectivity index (χ1v) is 6.43. The van der Waals surface area contributed by atoms with Gasteiger partial charge in [-0.3, -0.25) is 9.59 Å². The molecule has 0 aliphatic heterocycles. The van der Waals surface area contributed by atoms with Crippen LogP contribution in [0.5, 0.6) is 0 Å². The van der Waals surface area contributed by atoms with Gasteiger partial charge in [0.1, 0.15) is 6.54 Å². The molecule has 0 bridgehead atoms. The highest BCUT2D eigenvalue weighted by molar-refractivity contribution is 7.99. The fourth-order valence-corrected chi connectivity index (χ4v) is 2.12. The molecule has 1 aromatic heterocycles. The Morgan fingerprint density at radius 2 is 2.00 bits per heavy atom. The maximum Gasteiger partial charge on any atom is 0.327 e. The first-order chi connectivity index (χ1) is 8.90. The van der Waals surface area contributed by atoms with Crippen molar-refractivity contribution in [2.75, 3.05) is 20.0 Å². The van der Waals surface area contributed by atoms with Gasteiger partial charge in [-0.05, 0) is 24.3 Å². The number of esters is 2. The molecule has 106 valence electrons. The lowest BCUT2D eigenvalue weighted by Gasteiger charge is -2.20. The largest absolute Gasteiger partial charge is 0.469 e. The van der Waals surface area contributed by atoms with Crippen molar-refractivity contribution < 1.29 is 19.1 Å². The monoisotopic (exact) mass is 288 g/mol. The maximum absolute atomic E-state index is 11.5. The molecule has 0 spiro atoms. The van der Waals surface area contributed by atoms with E-state index in [4.69, 9.17) is 4.74 Å². The molecule has 0 fully saturated rings. The fourth-order valence-electron chi connectivity index (χ4n) is 1.17. The van der Waals surface area contributed by atoms with Crippen LogP contribution in [-0.4, -0.2) is 52.1 Å². The van der Waals surface area contributed by atoms with Crippen LogP contribution in [0.25, 0.3) is 0 Å². The van der Waals surface area contributed by atoms with Crippen LogP contribution >= 0.6 is 11.8 Å². The first-order valence-electron chi connectivity index (χ1n) is 5.45. The Hall–Kier alpha value is -1.64. The van der Waals surface area contributed by atoms with E-state index in [0.717, 1.165) is 0 Å². The van der Waals surface area contributed by atoms with Crippen molar-refractivity contribution >= 4 is 23.7 Å². The van der Waals surface area contributed by atoms with Gasteiger partial charge >= 0.3 is 11.9 Å². The zero-order chi connectivity index (χ0) is 14.5. The van der Waals surface area contributed by atoms with E-state index in [-0.39, 0.29) is 12.5 Å². The Morgan fingerprint density at radius 3 is 2.58 bits per heavy atom. The van der Waals surface area contributed by atoms with Gasteiger partial charge in [0.25, 0.3) is 0 Å². The minimum atomic E-state index is -0.665. The highest BCUT2D eigenvalue weighted by Gasteiger charge is 2.29. The minimum Gasteiger partial charge on any atom is -0.469 e. The van der Waals surface area contributed by atoms with E-state index in [2.05, 4.69) is 20.3 Å². The van der Waals surface area contributed by atoms with Crippen LogP contribution in [0, 0.1) is 5.41 Å². The highest BCUT2D eigenvalue weighted by atomic mass is 32.2. The Balaban J connectivity index is 2.66. The topological polar surface area (TPSA) is 96.2 Å². The molecule has 0 saturated carbocycles. The van der Waals surface area contributed by atoms with Crippen molar-refractivity contribution in [3.63, 3.8) is 0 Å². The molecular weight excluding hydrogens is 272 g/mol. The molecule has 0 aliphatic rings. The smallest absolute Gasteiger partial charge is 0.327 e. The van der Waals surface area contributed by atoms with Gasteiger partial charge in [-0.1, -0.05) is 11.8 Å². The van der Waals surface area contributed by atoms with Crippen molar-refractivity contribution in [1.82, 2.24) is 20.2 Å². The average Bonchev–Trinajstić information content (AvgIpc) is 2.82. The van der Waals surface area contributed by atoms with Crippen molar-refractivity contribution in [2.45, 2.75) is 25.5 Å². The van der Waals surface area contributed by atoms with Crippen molar-refractivity contribution in [3.05, 3.63) is 0 Å². The zero-order valence-corrected chi connectivity index (χ0v) is 12.1. The number of rotatable bonds is 6. The van der Waals surface area contributed by atoms with Crippen molar-refractivity contribution in [2.24, 2.45) is 5.41 Å². The molecule has 8 nitrogen and oxygen atoms in total. The van der Waals surface area contributed by atoms with Crippen molar-refractivity contribution in [1.29, 1.82) is 0 Å². The van der Waals surface area contributed by atoms with Gasteiger partial charge in [0.05, 0.1) is 19.6 Å². The second kappa shape index (κ2) is 6.50. The van der Waals surface area contributed by atoms with Crippen LogP contribution in [0.3, 0.4) is 0 Å². The van der Waals surface area contributed by atoms with Gasteiger partial charge in [0.15, 0.2) is 0 Å². The molecule has 0 unspecified atom stereocenters. The van der Waals surface area contributed by atoms with Gasteiger partial charge in [0, 0.05) is 5.75 Å². The van der Waals surface area contributed by atoms with Crippen molar-refractivity contribution in [3.8, 4) is 0 Å². The van der Waals surface area contributed by atoms with E-state index in [1.165, 1.54) is 30.7 Å². The summed E-state index contributed by atoms with van der Waals surface area (Å²) < 4.78 is 10.6. The lowest BCUT2D eigenvalue weighted by Crippen LogP contribution is -2.28. The molecule has 1 aromatic rings. The number of hydrogen-bond donors (Lipinski definition) is 0. The maximum atomic E-state index is 11.5. The molecule has 0 radical (unpaired) electrons. The summed E-state index contributed by atoms with van der Waals surface area (Å²) in [6, 6.07) is 0. The molecule has 0 N–H and O–H groups in total. The predicted octanol–water partition coefficient (Wildman–Crippen LogP) is 0.137. The number of hydrogen-bond acceptors (Lipinski definition) is 8. The normalized spacial score (nSPS) is 11.2. The zero-order valence-electron chi connectivity index (χ0n) is 11.2. The molecular formula is C10H16N4O4S. The molecule has 0 aromatic carbocycles. The molecule has 19 heavy (non-hydrogen) atoms. The second-order valence-corrected chi connectivity index (χ2v) is 5.30. The number of ether oxygens (including phenoxy) is 2. The van der Waals surface area contributed by atoms with Crippen LogP contribution in [0.15, 0.2) is 5.16 Å². The molecule has 0 amide bonds. The number of carbonyl (C=O) groups excluding carboxylic acids is 2. The summed E-state index contributed by atoms with van der Waals surface area (Å²) in [5.74, 6) is -0.324. The van der Waals surface area contributed by atoms with Gasteiger partial charge in [0.2, 0.25) is 5.16 Å². The van der Waals surface area contributed by atoms with Gasteiger partial charge in [-0.15, -0.1) is 5.10 Å². The number of carbonyl (C=O) groups is 2. The van der Waals surface area contributed by atoms with Crippen LogP contribution in [0.1, 0.15) is 13.8 Å². The van der Waals surface area contributed by atoms with Crippen LogP contribution < -0.4 is 0 Å². The minimum absolute atomic E-state index is 0.0650. The number of thioether (sulfide) groups is 1. The SMILES string of the molecule is COC(=O)Cn1nnnc1SCC(C)(C)C(=O)OC. The number of nitrogens with zero attached hydrogens (tertiary/aromatic N) is 4. The van der Waals surface area contributed by atoms with E-state index < -0.39 is 11.4 Å². The third kappa shape index (κ3) is 4.19. The molecule has 9 heteroatoms. The third-order valence-corrected chi connectivity index (χ3v) is 3.72. The van der Waals surface area contributed by atoms with Crippen LogP contribution in [0.2, 0.25) is 0 Å². The molecule has 0 aliphatic carbocycles. The Labute approximate surface area is 114 Å². The lowest BCUT2D eigenvalue weighted by atomic mass is 9.97. The molecule has 1 rings (SSSR count). The summed E-state index contributed by atoms with van der Waals surface area (Å²) in [6.07, 6.45) is 0. The van der Waals surface area contributed by atoms with Crippen LogP contribution in [-0.2, 0) is 25.6 Å². The Morgan fingerprint density at radius 1 is 1.32 bits per heavy atom. The van der Waals surface area contributed by atoms with Crippen LogP contribution in [0.4, 0.5) is 0 Å². The summed E-state index contributed by atoms with van der Waals surface area (Å²) in [5.41, 5.74) is -0.665. The standard InChI is InChI=1S/C10H16N4O4S/c1-10(2,8(16)18-4)6-19-9-11-12-13-14(9)5-7(15)17-3/h5-6H2,1-4H3. The summed E-state index contributed by atoms with van der Waals surface area (Å²) in [4.78, 5) is 22.7. The fraction of sp³-hybridized carbons (Fsp3) is 0.700. The van der Waals surface area contributed by atoms with E-state index in [1.54, 1.807) is 13.8 Å². The van der Waals surface area contributed by atoms with E-state index >= 15 is 0 Å². The number of tetrazole rings is 1. The molecule has 0 atom stereocenters. The number of methoxy groups -OCH3 is 2. The quantitative estimate of drug-likeness (QED) is 0.538. The van der Waals surface area contributed by atoms with Gasteiger partial charge in [-0.25, -0.2) is 4.68 Å². The third-order valence-electron chi connectivity index (χ3n) is 2.31. The summed E-state index contributed by atoms with van der Waals surface area (Å²) in [7, 11) is 2.63. The lowest BCUT2D eigenvalue weighted by molar-refractivity contribution is -0.149. The Kier molecular flexibility index (Phi) is 5.28. The highest BCUT2D eigenvalue weighted by Crippen LogP contribution is 2.27. The summed E-state index contributed by atoms with van der Waals surface area (Å²) >= 11 is 1.28.